The highest BCUT2D eigenvalue weighted by molar-refractivity contribution is 5.36. The maximum absolute atomic E-state index is 8.94. The Morgan fingerprint density at radius 1 is 1.19 bits per heavy atom. The molecule has 0 spiro atoms. The Kier molecular flexibility index (Phi) is 5.36. The number of nitrogens with one attached hydrogen (secondary N) is 1. The molecule has 0 radical (unpaired) electrons. The molecule has 0 heterocycles. The molecule has 1 N–H and O–H groups in total. The fourth-order valence-electron chi connectivity index (χ4n) is 2.42. The summed E-state index contributed by atoms with van der Waals surface area (Å²) in [6.45, 7) is 2.88. The van der Waals surface area contributed by atoms with Gasteiger partial charge in [0.15, 0.2) is 0 Å². The second-order valence-electron chi connectivity index (χ2n) is 4.90. The largest absolute Gasteiger partial charge is 0.496 e. The molecule has 3 nitrogen and oxygen atoms in total. The van der Waals surface area contributed by atoms with Crippen molar-refractivity contribution in [3.63, 3.8) is 0 Å². The molecule has 1 unspecified atom stereocenters. The van der Waals surface area contributed by atoms with Crippen molar-refractivity contribution < 1.29 is 4.74 Å². The third-order valence-electron chi connectivity index (χ3n) is 3.53. The van der Waals surface area contributed by atoms with Gasteiger partial charge in [0.25, 0.3) is 0 Å². The van der Waals surface area contributed by atoms with Crippen molar-refractivity contribution in [2.24, 2.45) is 0 Å². The molecule has 108 valence electrons. The van der Waals surface area contributed by atoms with Crippen LogP contribution in [0.5, 0.6) is 5.75 Å². The smallest absolute Gasteiger partial charge is 0.123 e. The van der Waals surface area contributed by atoms with Gasteiger partial charge >= 0.3 is 0 Å². The molecule has 2 aromatic rings. The molecule has 0 saturated carbocycles. The molecule has 2 rings (SSSR count). The maximum atomic E-state index is 8.94. The Hall–Kier alpha value is -2.31. The van der Waals surface area contributed by atoms with Crippen molar-refractivity contribution in [3.8, 4) is 11.8 Å². The Bertz CT molecular complexity index is 631. The van der Waals surface area contributed by atoms with E-state index >= 15 is 0 Å². The lowest BCUT2D eigenvalue weighted by Crippen LogP contribution is -2.20. The van der Waals surface area contributed by atoms with Gasteiger partial charge in [0.2, 0.25) is 0 Å². The fraction of sp³-hybridized carbons (Fsp3) is 0.278. The minimum Gasteiger partial charge on any atom is -0.496 e. The number of para-hydroxylation sites is 1. The number of ether oxygens (including phenoxy) is 1. The molecule has 0 aliphatic rings. The minimum atomic E-state index is 0.229. The van der Waals surface area contributed by atoms with Gasteiger partial charge in [0.1, 0.15) is 5.75 Å². The maximum Gasteiger partial charge on any atom is 0.123 e. The van der Waals surface area contributed by atoms with E-state index in [1.165, 1.54) is 5.56 Å². The first-order chi connectivity index (χ1) is 10.3. The van der Waals surface area contributed by atoms with Gasteiger partial charge in [-0.05, 0) is 30.2 Å². The van der Waals surface area contributed by atoms with Crippen LogP contribution >= 0.6 is 0 Å². The van der Waals surface area contributed by atoms with Crippen LogP contribution in [0.3, 0.4) is 0 Å². The highest BCUT2D eigenvalue weighted by Crippen LogP contribution is 2.27. The number of hydrogen-bond donors (Lipinski definition) is 1. The standard InChI is InChI=1S/C18H20N2O/c1-3-17(16-9-4-5-10-18(16)21-2)20-13-15-8-6-7-14(11-15)12-19/h4-11,17,20H,3,13H2,1-2H3. The molecule has 1 atom stereocenters. The second-order valence-corrected chi connectivity index (χ2v) is 4.90. The van der Waals surface area contributed by atoms with Crippen LogP contribution in [0.15, 0.2) is 48.5 Å². The highest BCUT2D eigenvalue weighted by Gasteiger charge is 2.13. The molecular formula is C18H20N2O. The van der Waals surface area contributed by atoms with E-state index in [1.807, 2.05) is 42.5 Å². The fourth-order valence-corrected chi connectivity index (χ4v) is 2.42. The van der Waals surface area contributed by atoms with Crippen LogP contribution in [-0.2, 0) is 6.54 Å². The lowest BCUT2D eigenvalue weighted by molar-refractivity contribution is 0.396. The van der Waals surface area contributed by atoms with E-state index in [-0.39, 0.29) is 6.04 Å². The van der Waals surface area contributed by atoms with E-state index in [9.17, 15) is 0 Å². The molecule has 2 aromatic carbocycles. The summed E-state index contributed by atoms with van der Waals surface area (Å²) in [4.78, 5) is 0. The molecule has 0 fully saturated rings. The Morgan fingerprint density at radius 2 is 2.00 bits per heavy atom. The average molecular weight is 280 g/mol. The summed E-state index contributed by atoms with van der Waals surface area (Å²) in [6, 6.07) is 18.2. The molecule has 0 aliphatic carbocycles. The summed E-state index contributed by atoms with van der Waals surface area (Å²) in [5.41, 5.74) is 2.97. The van der Waals surface area contributed by atoms with Gasteiger partial charge in [-0.25, -0.2) is 0 Å². The van der Waals surface area contributed by atoms with E-state index in [0.29, 0.717) is 5.56 Å². The van der Waals surface area contributed by atoms with Gasteiger partial charge in [-0.3, -0.25) is 0 Å². The second kappa shape index (κ2) is 7.47. The summed E-state index contributed by atoms with van der Waals surface area (Å²) in [7, 11) is 1.70. The van der Waals surface area contributed by atoms with Gasteiger partial charge in [-0.2, -0.15) is 5.26 Å². The molecule has 0 aromatic heterocycles. The molecule has 0 bridgehead atoms. The van der Waals surface area contributed by atoms with E-state index in [0.717, 1.165) is 24.3 Å². The van der Waals surface area contributed by atoms with Gasteiger partial charge in [0, 0.05) is 18.2 Å². The van der Waals surface area contributed by atoms with Crippen LogP contribution in [0.1, 0.15) is 36.1 Å². The Labute approximate surface area is 126 Å². The summed E-state index contributed by atoms with van der Waals surface area (Å²) >= 11 is 0. The SMILES string of the molecule is CCC(NCc1cccc(C#N)c1)c1ccccc1OC. The van der Waals surface area contributed by atoms with Crippen molar-refractivity contribution in [2.45, 2.75) is 25.9 Å². The third kappa shape index (κ3) is 3.84. The monoisotopic (exact) mass is 280 g/mol. The number of nitrogens with zero attached hydrogens (tertiary/aromatic N) is 1. The van der Waals surface area contributed by atoms with Crippen molar-refractivity contribution in [2.75, 3.05) is 7.11 Å². The predicted octanol–water partition coefficient (Wildman–Crippen LogP) is 3.81. The number of rotatable bonds is 6. The summed E-state index contributed by atoms with van der Waals surface area (Å²) in [5, 5.41) is 12.5. The quantitative estimate of drug-likeness (QED) is 0.875. The summed E-state index contributed by atoms with van der Waals surface area (Å²) in [6.07, 6.45) is 0.971. The van der Waals surface area contributed by atoms with E-state index in [1.54, 1.807) is 7.11 Å². The molecule has 0 amide bonds. The zero-order chi connectivity index (χ0) is 15.1. The minimum absolute atomic E-state index is 0.229. The van der Waals surface area contributed by atoms with Crippen LogP contribution in [0.25, 0.3) is 0 Å². The van der Waals surface area contributed by atoms with Crippen LogP contribution in [0, 0.1) is 11.3 Å². The van der Waals surface area contributed by atoms with Gasteiger partial charge < -0.3 is 10.1 Å². The molecule has 0 saturated heterocycles. The Morgan fingerprint density at radius 3 is 2.71 bits per heavy atom. The van der Waals surface area contributed by atoms with Gasteiger partial charge in [-0.15, -0.1) is 0 Å². The normalized spacial score (nSPS) is 11.7. The van der Waals surface area contributed by atoms with E-state index in [2.05, 4.69) is 24.4 Å². The lowest BCUT2D eigenvalue weighted by Gasteiger charge is -2.20. The number of methoxy groups -OCH3 is 1. The van der Waals surface area contributed by atoms with Crippen LogP contribution in [-0.4, -0.2) is 7.11 Å². The summed E-state index contributed by atoms with van der Waals surface area (Å²) in [5.74, 6) is 0.905. The number of nitriles is 1. The van der Waals surface area contributed by atoms with Crippen molar-refractivity contribution in [1.29, 1.82) is 5.26 Å². The molecule has 0 aliphatic heterocycles. The van der Waals surface area contributed by atoms with Crippen LogP contribution < -0.4 is 10.1 Å². The zero-order valence-corrected chi connectivity index (χ0v) is 12.5. The zero-order valence-electron chi connectivity index (χ0n) is 12.5. The third-order valence-corrected chi connectivity index (χ3v) is 3.53. The molecule has 3 heteroatoms. The molecule has 21 heavy (non-hydrogen) atoms. The van der Waals surface area contributed by atoms with Crippen LogP contribution in [0.2, 0.25) is 0 Å². The average Bonchev–Trinajstić information content (AvgIpc) is 2.56. The first-order valence-corrected chi connectivity index (χ1v) is 7.13. The first-order valence-electron chi connectivity index (χ1n) is 7.13. The van der Waals surface area contributed by atoms with Crippen molar-refractivity contribution >= 4 is 0 Å². The Balaban J connectivity index is 2.11. The van der Waals surface area contributed by atoms with E-state index < -0.39 is 0 Å². The van der Waals surface area contributed by atoms with Crippen molar-refractivity contribution in [3.05, 3.63) is 65.2 Å². The van der Waals surface area contributed by atoms with Gasteiger partial charge in [0.05, 0.1) is 18.7 Å². The molecular weight excluding hydrogens is 260 g/mol. The van der Waals surface area contributed by atoms with Crippen LogP contribution in [0.4, 0.5) is 0 Å². The van der Waals surface area contributed by atoms with Crippen molar-refractivity contribution in [1.82, 2.24) is 5.32 Å². The first kappa shape index (κ1) is 15.1. The topological polar surface area (TPSA) is 45.0 Å². The predicted molar refractivity (Wildman–Crippen MR) is 84.0 cm³/mol. The highest BCUT2D eigenvalue weighted by atomic mass is 16.5. The lowest BCUT2D eigenvalue weighted by atomic mass is 10.0. The van der Waals surface area contributed by atoms with E-state index in [4.69, 9.17) is 10.00 Å². The number of hydrogen-bond acceptors (Lipinski definition) is 3. The summed E-state index contributed by atoms with van der Waals surface area (Å²) < 4.78 is 5.43. The number of benzene rings is 2. The van der Waals surface area contributed by atoms with Gasteiger partial charge in [-0.1, -0.05) is 37.3 Å².